The summed E-state index contributed by atoms with van der Waals surface area (Å²) >= 11 is 4.49. The molecule has 1 aromatic heterocycles. The van der Waals surface area contributed by atoms with E-state index in [4.69, 9.17) is 5.26 Å². The zero-order valence-corrected chi connectivity index (χ0v) is 9.65. The van der Waals surface area contributed by atoms with Crippen molar-refractivity contribution < 1.29 is 9.90 Å². The standard InChI is InChI=1S/C9H6BrNO2S/c1-5(12)6(4-11)9(13)7-2-3-8(10)14-7/h2-3,13H,1H3. The quantitative estimate of drug-likeness (QED) is 0.511. The molecule has 0 fully saturated rings. The highest BCUT2D eigenvalue weighted by atomic mass is 79.9. The number of Topliss-reactive ketones (excluding diaryl/α,β-unsaturated/α-hetero) is 1. The van der Waals surface area contributed by atoms with Crippen molar-refractivity contribution in [2.45, 2.75) is 6.92 Å². The van der Waals surface area contributed by atoms with E-state index >= 15 is 0 Å². The Hall–Kier alpha value is -1.12. The molecule has 1 N–H and O–H groups in total. The lowest BCUT2D eigenvalue weighted by molar-refractivity contribution is -0.113. The molecule has 0 aliphatic rings. The first-order valence-corrected chi connectivity index (χ1v) is 5.27. The highest BCUT2D eigenvalue weighted by Crippen LogP contribution is 2.28. The van der Waals surface area contributed by atoms with Crippen LogP contribution in [0.3, 0.4) is 0 Å². The number of aliphatic hydroxyl groups is 1. The number of nitrogens with zero attached hydrogens (tertiary/aromatic N) is 1. The van der Waals surface area contributed by atoms with Crippen LogP contribution in [0.1, 0.15) is 11.8 Å². The maximum atomic E-state index is 10.9. The van der Waals surface area contributed by atoms with Gasteiger partial charge in [0.2, 0.25) is 0 Å². The lowest BCUT2D eigenvalue weighted by atomic mass is 10.1. The van der Waals surface area contributed by atoms with Crippen molar-refractivity contribution >= 4 is 38.8 Å². The number of nitriles is 1. The molecule has 14 heavy (non-hydrogen) atoms. The van der Waals surface area contributed by atoms with E-state index in [1.165, 1.54) is 18.3 Å². The fraction of sp³-hybridized carbons (Fsp3) is 0.111. The second-order valence-electron chi connectivity index (χ2n) is 2.50. The number of hydrogen-bond acceptors (Lipinski definition) is 4. The monoisotopic (exact) mass is 271 g/mol. The van der Waals surface area contributed by atoms with Gasteiger partial charge in [-0.2, -0.15) is 5.26 Å². The molecule has 0 atom stereocenters. The molecule has 1 aromatic rings. The molecule has 5 heteroatoms. The Morgan fingerprint density at radius 3 is 2.64 bits per heavy atom. The predicted octanol–water partition coefficient (Wildman–Crippen LogP) is 2.89. The molecule has 1 rings (SSSR count). The largest absolute Gasteiger partial charge is 0.505 e. The average Bonchev–Trinajstić information content (AvgIpc) is 2.52. The zero-order valence-electron chi connectivity index (χ0n) is 7.24. The second-order valence-corrected chi connectivity index (χ2v) is 4.96. The Labute approximate surface area is 93.4 Å². The van der Waals surface area contributed by atoms with Gasteiger partial charge in [-0.3, -0.25) is 4.79 Å². The molecule has 0 spiro atoms. The molecule has 0 aliphatic carbocycles. The summed E-state index contributed by atoms with van der Waals surface area (Å²) < 4.78 is 0.833. The summed E-state index contributed by atoms with van der Waals surface area (Å²) in [6.07, 6.45) is 0. The normalized spacial score (nSPS) is 11.8. The van der Waals surface area contributed by atoms with E-state index in [-0.39, 0.29) is 11.3 Å². The first-order chi connectivity index (χ1) is 6.56. The van der Waals surface area contributed by atoms with Gasteiger partial charge < -0.3 is 5.11 Å². The third-order valence-corrected chi connectivity index (χ3v) is 3.14. The van der Waals surface area contributed by atoms with Crippen LogP contribution >= 0.6 is 27.3 Å². The second kappa shape index (κ2) is 4.40. The summed E-state index contributed by atoms with van der Waals surface area (Å²) in [4.78, 5) is 11.5. The molecule has 0 amide bonds. The number of rotatable bonds is 2. The number of aliphatic hydroxyl groups excluding tert-OH is 1. The van der Waals surface area contributed by atoms with Crippen LogP contribution in [-0.2, 0) is 4.79 Å². The van der Waals surface area contributed by atoms with Gasteiger partial charge in [0, 0.05) is 6.92 Å². The Morgan fingerprint density at radius 2 is 2.29 bits per heavy atom. The van der Waals surface area contributed by atoms with Gasteiger partial charge in [0.25, 0.3) is 0 Å². The SMILES string of the molecule is CC(=O)C(C#N)=C(O)c1ccc(Br)s1. The van der Waals surface area contributed by atoms with Crippen LogP contribution < -0.4 is 0 Å². The molecule has 0 aromatic carbocycles. The van der Waals surface area contributed by atoms with Crippen molar-refractivity contribution in [2.75, 3.05) is 0 Å². The van der Waals surface area contributed by atoms with Crippen molar-refractivity contribution in [1.82, 2.24) is 0 Å². The summed E-state index contributed by atoms with van der Waals surface area (Å²) in [5.41, 5.74) is -0.209. The van der Waals surface area contributed by atoms with Gasteiger partial charge in [0.1, 0.15) is 11.6 Å². The van der Waals surface area contributed by atoms with E-state index in [1.54, 1.807) is 18.2 Å². The number of carbonyl (C=O) groups excluding carboxylic acids is 1. The lowest BCUT2D eigenvalue weighted by Gasteiger charge is -1.96. The Morgan fingerprint density at radius 1 is 1.64 bits per heavy atom. The van der Waals surface area contributed by atoms with Crippen molar-refractivity contribution in [2.24, 2.45) is 0 Å². The summed E-state index contributed by atoms with van der Waals surface area (Å²) in [5, 5.41) is 18.2. The molecule has 0 saturated carbocycles. The van der Waals surface area contributed by atoms with E-state index in [9.17, 15) is 9.90 Å². The third-order valence-electron chi connectivity index (χ3n) is 1.51. The third kappa shape index (κ3) is 2.22. The van der Waals surface area contributed by atoms with Gasteiger partial charge in [-0.05, 0) is 28.1 Å². The minimum absolute atomic E-state index is 0.209. The Balaban J connectivity index is 3.22. The topological polar surface area (TPSA) is 61.1 Å². The summed E-state index contributed by atoms with van der Waals surface area (Å²) in [6.45, 7) is 1.25. The molecule has 0 saturated heterocycles. The van der Waals surface area contributed by atoms with Gasteiger partial charge in [-0.15, -0.1) is 11.3 Å². The Kier molecular flexibility index (Phi) is 3.44. The number of carbonyl (C=O) groups is 1. The highest BCUT2D eigenvalue weighted by molar-refractivity contribution is 9.11. The highest BCUT2D eigenvalue weighted by Gasteiger charge is 2.13. The molecule has 72 valence electrons. The Bertz CT molecular complexity index is 442. The molecule has 0 radical (unpaired) electrons. The number of allylic oxidation sites excluding steroid dienone is 1. The molecular weight excluding hydrogens is 266 g/mol. The van der Waals surface area contributed by atoms with Crippen LogP contribution in [0.5, 0.6) is 0 Å². The van der Waals surface area contributed by atoms with Gasteiger partial charge in [0.15, 0.2) is 11.5 Å². The molecule has 1 heterocycles. The minimum Gasteiger partial charge on any atom is -0.505 e. The van der Waals surface area contributed by atoms with Crippen LogP contribution in [0.4, 0.5) is 0 Å². The zero-order chi connectivity index (χ0) is 10.7. The van der Waals surface area contributed by atoms with Gasteiger partial charge in [-0.25, -0.2) is 0 Å². The first-order valence-electron chi connectivity index (χ1n) is 3.66. The van der Waals surface area contributed by atoms with Crippen molar-refractivity contribution in [3.05, 3.63) is 26.4 Å². The van der Waals surface area contributed by atoms with E-state index in [2.05, 4.69) is 15.9 Å². The van der Waals surface area contributed by atoms with Crippen molar-refractivity contribution in [3.8, 4) is 6.07 Å². The average molecular weight is 272 g/mol. The van der Waals surface area contributed by atoms with Gasteiger partial charge in [-0.1, -0.05) is 0 Å². The van der Waals surface area contributed by atoms with Crippen molar-refractivity contribution in [3.63, 3.8) is 0 Å². The van der Waals surface area contributed by atoms with E-state index in [1.807, 2.05) is 0 Å². The number of hydrogen-bond donors (Lipinski definition) is 1. The number of halogens is 1. The van der Waals surface area contributed by atoms with E-state index < -0.39 is 5.78 Å². The molecular formula is C9H6BrNO2S. The smallest absolute Gasteiger partial charge is 0.174 e. The first kappa shape index (κ1) is 11.0. The van der Waals surface area contributed by atoms with Crippen molar-refractivity contribution in [1.29, 1.82) is 5.26 Å². The number of ketones is 1. The van der Waals surface area contributed by atoms with Gasteiger partial charge in [0.05, 0.1) is 8.66 Å². The fourth-order valence-electron chi connectivity index (χ4n) is 0.863. The van der Waals surface area contributed by atoms with E-state index in [0.717, 1.165) is 3.79 Å². The van der Waals surface area contributed by atoms with Crippen LogP contribution in [0.25, 0.3) is 5.76 Å². The van der Waals surface area contributed by atoms with Crippen LogP contribution in [0.15, 0.2) is 21.5 Å². The lowest BCUT2D eigenvalue weighted by Crippen LogP contribution is -1.97. The van der Waals surface area contributed by atoms with Crippen LogP contribution in [-0.4, -0.2) is 10.9 Å². The summed E-state index contributed by atoms with van der Waals surface area (Å²) in [5.74, 6) is -0.690. The summed E-state index contributed by atoms with van der Waals surface area (Å²) in [7, 11) is 0. The maximum Gasteiger partial charge on any atom is 0.174 e. The van der Waals surface area contributed by atoms with Crippen LogP contribution in [0, 0.1) is 11.3 Å². The molecule has 0 bridgehead atoms. The fourth-order valence-corrected chi connectivity index (χ4v) is 2.20. The molecule has 0 unspecified atom stereocenters. The van der Waals surface area contributed by atoms with Crippen LogP contribution in [0.2, 0.25) is 0 Å². The summed E-state index contributed by atoms with van der Waals surface area (Å²) in [6, 6.07) is 5.07. The maximum absolute atomic E-state index is 10.9. The number of thiophene rings is 1. The predicted molar refractivity (Wildman–Crippen MR) is 57.9 cm³/mol. The molecule has 3 nitrogen and oxygen atoms in total. The molecule has 0 aliphatic heterocycles. The van der Waals surface area contributed by atoms with E-state index in [0.29, 0.717) is 4.88 Å². The van der Waals surface area contributed by atoms with Gasteiger partial charge >= 0.3 is 0 Å². The minimum atomic E-state index is -0.436.